The molecule has 3 N–H and O–H groups in total. The van der Waals surface area contributed by atoms with E-state index >= 15 is 4.39 Å². The van der Waals surface area contributed by atoms with Crippen LogP contribution in [0.15, 0.2) is 66.5 Å². The van der Waals surface area contributed by atoms with E-state index in [1.165, 1.54) is 12.4 Å². The number of carbonyl (C=O) groups excluding carboxylic acids is 1. The summed E-state index contributed by atoms with van der Waals surface area (Å²) in [7, 11) is 0. The lowest BCUT2D eigenvalue weighted by atomic mass is 10.1. The van der Waals surface area contributed by atoms with Gasteiger partial charge in [0.15, 0.2) is 5.65 Å². The van der Waals surface area contributed by atoms with Gasteiger partial charge < -0.3 is 20.7 Å². The summed E-state index contributed by atoms with van der Waals surface area (Å²) < 4.78 is 22.9. The third kappa shape index (κ3) is 5.29. The average Bonchev–Trinajstić information content (AvgIpc) is 3.41. The minimum atomic E-state index is -0.533. The van der Waals surface area contributed by atoms with E-state index in [4.69, 9.17) is 15.6 Å². The molecular weight excluding hydrogens is 535 g/mol. The fourth-order valence-corrected chi connectivity index (χ4v) is 5.65. The van der Waals surface area contributed by atoms with Crippen molar-refractivity contribution in [2.75, 3.05) is 18.8 Å². The smallest absolute Gasteiger partial charge is 0.264 e. The van der Waals surface area contributed by atoms with Crippen molar-refractivity contribution in [3.05, 3.63) is 72.3 Å². The summed E-state index contributed by atoms with van der Waals surface area (Å²) in [6.45, 7) is 3.62. The molecule has 3 heterocycles. The molecule has 4 aromatic rings. The number of likely N-dealkylation sites (N-methyl/N-ethyl adjacent to an activating group) is 1. The summed E-state index contributed by atoms with van der Waals surface area (Å²) in [4.78, 5) is 23.8. The van der Waals surface area contributed by atoms with Crippen LogP contribution in [0, 0.1) is 17.1 Å². The number of nitrogen functional groups attached to an aromatic ring is 1. The first kappa shape index (κ1) is 27.4. The van der Waals surface area contributed by atoms with Crippen molar-refractivity contribution in [2.45, 2.75) is 50.7 Å². The first-order valence-electron chi connectivity index (χ1n) is 14.1. The Balaban J connectivity index is 1.29. The zero-order chi connectivity index (χ0) is 29.3. The van der Waals surface area contributed by atoms with Gasteiger partial charge in [-0.1, -0.05) is 25.1 Å². The Bertz CT molecular complexity index is 1710. The summed E-state index contributed by atoms with van der Waals surface area (Å²) >= 11 is 0. The zero-order valence-corrected chi connectivity index (χ0v) is 23.3. The Kier molecular flexibility index (Phi) is 7.31. The number of nitrogens with zero attached hydrogens (tertiary/aromatic N) is 6. The van der Waals surface area contributed by atoms with Crippen LogP contribution in [0.3, 0.4) is 0 Å². The number of nitrogens with one attached hydrogen (secondary N) is 1. The van der Waals surface area contributed by atoms with Gasteiger partial charge in [-0.05, 0) is 62.6 Å². The van der Waals surface area contributed by atoms with Gasteiger partial charge in [0.25, 0.3) is 5.91 Å². The van der Waals surface area contributed by atoms with Gasteiger partial charge >= 0.3 is 0 Å². The highest BCUT2D eigenvalue weighted by atomic mass is 19.1. The second-order valence-corrected chi connectivity index (χ2v) is 10.7. The van der Waals surface area contributed by atoms with E-state index in [1.807, 2.05) is 25.1 Å². The number of aromatic nitrogens is 4. The van der Waals surface area contributed by atoms with Gasteiger partial charge in [0.2, 0.25) is 0 Å². The zero-order valence-electron chi connectivity index (χ0n) is 23.3. The monoisotopic (exact) mass is 566 g/mol. The first-order chi connectivity index (χ1) is 20.4. The van der Waals surface area contributed by atoms with Crippen LogP contribution < -0.4 is 15.8 Å². The van der Waals surface area contributed by atoms with Crippen LogP contribution in [-0.4, -0.2) is 55.2 Å². The number of ether oxygens (including phenoxy) is 1. The average molecular weight is 567 g/mol. The highest BCUT2D eigenvalue weighted by Gasteiger charge is 2.42. The van der Waals surface area contributed by atoms with Gasteiger partial charge in [0, 0.05) is 23.7 Å². The van der Waals surface area contributed by atoms with E-state index in [9.17, 15) is 10.1 Å². The molecule has 42 heavy (non-hydrogen) atoms. The Morgan fingerprint density at radius 3 is 2.76 bits per heavy atom. The summed E-state index contributed by atoms with van der Waals surface area (Å²) in [5.74, 6) is 0.303. The summed E-state index contributed by atoms with van der Waals surface area (Å²) in [5, 5.41) is 18.4. The van der Waals surface area contributed by atoms with Crippen LogP contribution in [0.5, 0.6) is 11.5 Å². The normalized spacial score (nSPS) is 17.8. The fourth-order valence-electron chi connectivity index (χ4n) is 5.65. The van der Waals surface area contributed by atoms with E-state index in [0.717, 1.165) is 32.2 Å². The quantitative estimate of drug-likeness (QED) is 0.222. The highest BCUT2D eigenvalue weighted by molar-refractivity contribution is 5.99. The Morgan fingerprint density at radius 1 is 1.24 bits per heavy atom. The molecule has 0 spiro atoms. The fraction of sp³-hybridized carbons (Fsp3) is 0.323. The first-order valence-corrected chi connectivity index (χ1v) is 14.1. The molecule has 2 aromatic carbocycles. The summed E-state index contributed by atoms with van der Waals surface area (Å²) in [5.41, 5.74) is 7.12. The molecule has 214 valence electrons. The molecule has 1 aliphatic heterocycles. The number of rotatable bonds is 9. The summed E-state index contributed by atoms with van der Waals surface area (Å²) in [6, 6.07) is 15.6. The molecular formula is C31H31FN8O2. The van der Waals surface area contributed by atoms with Crippen LogP contribution in [0.1, 0.15) is 32.6 Å². The number of hydrogen-bond acceptors (Lipinski definition) is 8. The number of amides is 1. The van der Waals surface area contributed by atoms with Crippen molar-refractivity contribution < 1.29 is 13.9 Å². The van der Waals surface area contributed by atoms with Crippen LogP contribution in [0.4, 0.5) is 10.2 Å². The SMILES string of the molecule is CCNC1(/C=C(\C#N)C(=O)N2CCC[C@@H]2Cn2nc(-c3ccc(Oc4ccccc4)cc3F)c3c(N)ncnc32)CC1. The molecule has 2 aliphatic rings. The van der Waals surface area contributed by atoms with E-state index < -0.39 is 5.82 Å². The number of anilines is 1. The van der Waals surface area contributed by atoms with Gasteiger partial charge in [-0.3, -0.25) is 4.79 Å². The van der Waals surface area contributed by atoms with Crippen molar-refractivity contribution in [1.82, 2.24) is 30.0 Å². The molecule has 1 saturated heterocycles. The number of halogens is 1. The van der Waals surface area contributed by atoms with Crippen molar-refractivity contribution in [3.63, 3.8) is 0 Å². The van der Waals surface area contributed by atoms with Crippen molar-refractivity contribution >= 4 is 22.8 Å². The van der Waals surface area contributed by atoms with E-state index in [0.29, 0.717) is 41.3 Å². The van der Waals surface area contributed by atoms with Gasteiger partial charge in [0.1, 0.15) is 46.8 Å². The lowest BCUT2D eigenvalue weighted by molar-refractivity contribution is -0.127. The minimum Gasteiger partial charge on any atom is -0.457 e. The maximum absolute atomic E-state index is 15.5. The molecule has 6 rings (SSSR count). The number of para-hydroxylation sites is 1. The molecule has 0 radical (unpaired) electrons. The number of likely N-dealkylation sites (tertiary alicyclic amines) is 1. The molecule has 10 nitrogen and oxygen atoms in total. The van der Waals surface area contributed by atoms with E-state index in [2.05, 4.69) is 21.4 Å². The highest BCUT2D eigenvalue weighted by Crippen LogP contribution is 2.38. The van der Waals surface area contributed by atoms with Crippen molar-refractivity contribution in [1.29, 1.82) is 5.26 Å². The predicted octanol–water partition coefficient (Wildman–Crippen LogP) is 4.59. The van der Waals surface area contributed by atoms with Crippen LogP contribution in [-0.2, 0) is 11.3 Å². The Labute approximate surface area is 242 Å². The van der Waals surface area contributed by atoms with Gasteiger partial charge in [0.05, 0.1) is 18.0 Å². The lowest BCUT2D eigenvalue weighted by Crippen LogP contribution is -2.40. The van der Waals surface area contributed by atoms with E-state index in [-0.39, 0.29) is 34.4 Å². The van der Waals surface area contributed by atoms with Crippen LogP contribution in [0.2, 0.25) is 0 Å². The van der Waals surface area contributed by atoms with Gasteiger partial charge in [-0.15, -0.1) is 0 Å². The topological polar surface area (TPSA) is 135 Å². The summed E-state index contributed by atoms with van der Waals surface area (Å²) in [6.07, 6.45) is 6.48. The number of hydrogen-bond donors (Lipinski definition) is 2. The Morgan fingerprint density at radius 2 is 2.05 bits per heavy atom. The molecule has 0 unspecified atom stereocenters. The molecule has 11 heteroatoms. The Hall–Kier alpha value is -4.82. The number of nitriles is 1. The molecule has 0 bridgehead atoms. The van der Waals surface area contributed by atoms with Crippen molar-refractivity contribution in [2.24, 2.45) is 0 Å². The molecule has 2 aromatic heterocycles. The molecule has 1 saturated carbocycles. The number of nitrogens with two attached hydrogens (primary N) is 1. The lowest BCUT2D eigenvalue weighted by Gasteiger charge is -2.25. The van der Waals surface area contributed by atoms with Gasteiger partial charge in [-0.2, -0.15) is 10.4 Å². The number of carbonyl (C=O) groups is 1. The van der Waals surface area contributed by atoms with E-state index in [1.54, 1.807) is 39.9 Å². The second kappa shape index (κ2) is 11.2. The number of fused-ring (bicyclic) bond motifs is 1. The predicted molar refractivity (Wildman–Crippen MR) is 156 cm³/mol. The molecule has 2 fully saturated rings. The van der Waals surface area contributed by atoms with Gasteiger partial charge in [-0.25, -0.2) is 19.0 Å². The van der Waals surface area contributed by atoms with Crippen molar-refractivity contribution in [3.8, 4) is 28.8 Å². The molecule has 1 aliphatic carbocycles. The largest absolute Gasteiger partial charge is 0.457 e. The standard InChI is InChI=1S/C31H31FN8O2/c1-2-37-31(12-13-31)16-20(17-33)30(41)39-14-6-7-21(39)18-40-29-26(28(34)35-19-36-29)27(38-40)24-11-10-23(15-25(24)32)42-22-8-4-3-5-9-22/h3-5,8-11,15-16,19,21,37H,2,6-7,12-14,18H2,1H3,(H2,34,35,36)/b20-16+/t21-/m1/s1. The minimum absolute atomic E-state index is 0.151. The second-order valence-electron chi connectivity index (χ2n) is 10.7. The maximum Gasteiger partial charge on any atom is 0.264 e. The third-order valence-corrected chi connectivity index (χ3v) is 7.84. The molecule has 1 atom stereocenters. The molecule has 1 amide bonds. The third-order valence-electron chi connectivity index (χ3n) is 7.84. The van der Waals surface area contributed by atoms with Crippen LogP contribution >= 0.6 is 0 Å². The van der Waals surface area contributed by atoms with Crippen LogP contribution in [0.25, 0.3) is 22.3 Å². The maximum atomic E-state index is 15.5. The number of benzene rings is 2.